The molecule has 1 aromatic rings. The quantitative estimate of drug-likeness (QED) is 0.900. The molecule has 1 saturated heterocycles. The van der Waals surface area contributed by atoms with Gasteiger partial charge in [-0.2, -0.15) is 5.10 Å². The first kappa shape index (κ1) is 12.9. The Morgan fingerprint density at radius 1 is 1.65 bits per heavy atom. The summed E-state index contributed by atoms with van der Waals surface area (Å²) in [5.41, 5.74) is 8.00. The van der Waals surface area contributed by atoms with Crippen LogP contribution in [-0.2, 0) is 17.7 Å². The van der Waals surface area contributed by atoms with Crippen LogP contribution in [0.2, 0.25) is 5.02 Å². The van der Waals surface area contributed by atoms with E-state index in [4.69, 9.17) is 22.1 Å². The molecule has 1 aliphatic rings. The van der Waals surface area contributed by atoms with E-state index in [2.05, 4.69) is 12.0 Å². The molecular weight excluding hydrogens is 238 g/mol. The molecule has 4 nitrogen and oxygen atoms in total. The van der Waals surface area contributed by atoms with Gasteiger partial charge in [0.25, 0.3) is 0 Å². The average molecular weight is 258 g/mol. The van der Waals surface area contributed by atoms with Crippen LogP contribution < -0.4 is 5.73 Å². The molecule has 96 valence electrons. The standard InChI is InChI=1S/C12H20ClN3O/c1-4-16-10(11(13)8(2)15-16)7-12(14)5-6-17-9(12)3/h9H,4-7,14H2,1-3H3. The van der Waals surface area contributed by atoms with Crippen LogP contribution >= 0.6 is 11.6 Å². The molecule has 0 aliphatic carbocycles. The van der Waals surface area contributed by atoms with Gasteiger partial charge in [0.2, 0.25) is 0 Å². The van der Waals surface area contributed by atoms with Gasteiger partial charge in [0, 0.05) is 25.1 Å². The van der Waals surface area contributed by atoms with E-state index in [1.165, 1.54) is 0 Å². The first-order valence-electron chi connectivity index (χ1n) is 6.10. The Bertz CT molecular complexity index is 418. The molecule has 0 spiro atoms. The van der Waals surface area contributed by atoms with Crippen molar-refractivity contribution < 1.29 is 4.74 Å². The molecule has 0 aromatic carbocycles. The van der Waals surface area contributed by atoms with E-state index in [0.717, 1.165) is 42.4 Å². The fraction of sp³-hybridized carbons (Fsp3) is 0.750. The third kappa shape index (κ3) is 2.21. The van der Waals surface area contributed by atoms with Crippen LogP contribution in [0.15, 0.2) is 0 Å². The van der Waals surface area contributed by atoms with E-state index < -0.39 is 0 Å². The first-order valence-corrected chi connectivity index (χ1v) is 6.48. The second-order valence-corrected chi connectivity index (χ2v) is 5.21. The highest BCUT2D eigenvalue weighted by Gasteiger charge is 2.39. The predicted octanol–water partition coefficient (Wildman–Crippen LogP) is 1.91. The van der Waals surface area contributed by atoms with Gasteiger partial charge in [-0.15, -0.1) is 0 Å². The number of rotatable bonds is 3. The average Bonchev–Trinajstić information content (AvgIpc) is 2.75. The monoisotopic (exact) mass is 257 g/mol. The zero-order valence-corrected chi connectivity index (χ0v) is 11.4. The number of aryl methyl sites for hydroxylation is 2. The van der Waals surface area contributed by atoms with Crippen molar-refractivity contribution in [2.45, 2.75) is 51.8 Å². The number of halogens is 1. The van der Waals surface area contributed by atoms with Gasteiger partial charge < -0.3 is 10.5 Å². The smallest absolute Gasteiger partial charge is 0.0847 e. The summed E-state index contributed by atoms with van der Waals surface area (Å²) in [7, 11) is 0. The molecule has 0 radical (unpaired) electrons. The molecular formula is C12H20ClN3O. The van der Waals surface area contributed by atoms with Crippen LogP contribution in [0.25, 0.3) is 0 Å². The van der Waals surface area contributed by atoms with Crippen molar-refractivity contribution in [2.24, 2.45) is 5.73 Å². The number of nitrogens with zero attached hydrogens (tertiary/aromatic N) is 2. The second-order valence-electron chi connectivity index (χ2n) is 4.83. The maximum atomic E-state index is 6.41. The predicted molar refractivity (Wildman–Crippen MR) is 68.3 cm³/mol. The molecule has 1 aliphatic heterocycles. The van der Waals surface area contributed by atoms with Crippen LogP contribution in [0.1, 0.15) is 31.7 Å². The van der Waals surface area contributed by atoms with Crippen LogP contribution in [0.3, 0.4) is 0 Å². The summed E-state index contributed by atoms with van der Waals surface area (Å²) in [4.78, 5) is 0. The van der Waals surface area contributed by atoms with Gasteiger partial charge in [0.05, 0.1) is 22.5 Å². The van der Waals surface area contributed by atoms with E-state index in [1.54, 1.807) is 0 Å². The minimum Gasteiger partial charge on any atom is -0.377 e. The SMILES string of the molecule is CCn1nc(C)c(Cl)c1CC1(N)CCOC1C. The maximum Gasteiger partial charge on any atom is 0.0847 e. The fourth-order valence-electron chi connectivity index (χ4n) is 2.38. The van der Waals surface area contributed by atoms with Crippen LogP contribution in [-0.4, -0.2) is 28.0 Å². The molecule has 0 saturated carbocycles. The van der Waals surface area contributed by atoms with Crippen molar-refractivity contribution >= 4 is 11.6 Å². The van der Waals surface area contributed by atoms with E-state index >= 15 is 0 Å². The Morgan fingerprint density at radius 2 is 2.35 bits per heavy atom. The molecule has 17 heavy (non-hydrogen) atoms. The Hall–Kier alpha value is -0.580. The van der Waals surface area contributed by atoms with E-state index in [0.29, 0.717) is 0 Å². The van der Waals surface area contributed by atoms with E-state index in [-0.39, 0.29) is 11.6 Å². The number of ether oxygens (including phenoxy) is 1. The molecule has 5 heteroatoms. The summed E-state index contributed by atoms with van der Waals surface area (Å²) in [6, 6.07) is 0. The number of hydrogen-bond donors (Lipinski definition) is 1. The van der Waals surface area contributed by atoms with Crippen molar-refractivity contribution in [1.29, 1.82) is 0 Å². The van der Waals surface area contributed by atoms with Crippen LogP contribution in [0.5, 0.6) is 0 Å². The van der Waals surface area contributed by atoms with Gasteiger partial charge in [-0.05, 0) is 27.2 Å². The number of nitrogens with two attached hydrogens (primary N) is 1. The topological polar surface area (TPSA) is 53.1 Å². The summed E-state index contributed by atoms with van der Waals surface area (Å²) in [5, 5.41) is 5.16. The normalized spacial score (nSPS) is 28.9. The molecule has 0 bridgehead atoms. The van der Waals surface area contributed by atoms with Gasteiger partial charge in [0.1, 0.15) is 0 Å². The number of aromatic nitrogens is 2. The van der Waals surface area contributed by atoms with Gasteiger partial charge in [-0.25, -0.2) is 0 Å². The van der Waals surface area contributed by atoms with Gasteiger partial charge in [-0.3, -0.25) is 4.68 Å². The van der Waals surface area contributed by atoms with Crippen LogP contribution in [0, 0.1) is 6.92 Å². The summed E-state index contributed by atoms with van der Waals surface area (Å²) in [6.07, 6.45) is 1.67. The van der Waals surface area contributed by atoms with Crippen molar-refractivity contribution in [3.63, 3.8) is 0 Å². The third-order valence-corrected chi connectivity index (χ3v) is 4.19. The molecule has 2 rings (SSSR count). The largest absolute Gasteiger partial charge is 0.377 e. The van der Waals surface area contributed by atoms with E-state index in [9.17, 15) is 0 Å². The highest BCUT2D eigenvalue weighted by Crippen LogP contribution is 2.31. The van der Waals surface area contributed by atoms with Crippen molar-refractivity contribution in [3.05, 3.63) is 16.4 Å². The van der Waals surface area contributed by atoms with Crippen LogP contribution in [0.4, 0.5) is 0 Å². The highest BCUT2D eigenvalue weighted by atomic mass is 35.5. The third-order valence-electron chi connectivity index (χ3n) is 3.69. The van der Waals surface area contributed by atoms with Gasteiger partial charge >= 0.3 is 0 Å². The fourth-order valence-corrected chi connectivity index (χ4v) is 2.58. The van der Waals surface area contributed by atoms with Crippen molar-refractivity contribution in [2.75, 3.05) is 6.61 Å². The summed E-state index contributed by atoms with van der Waals surface area (Å²) in [5.74, 6) is 0. The summed E-state index contributed by atoms with van der Waals surface area (Å²) >= 11 is 6.30. The molecule has 2 unspecified atom stereocenters. The zero-order valence-electron chi connectivity index (χ0n) is 10.7. The first-order chi connectivity index (χ1) is 7.98. The lowest BCUT2D eigenvalue weighted by Crippen LogP contribution is -2.48. The number of hydrogen-bond acceptors (Lipinski definition) is 3. The zero-order chi connectivity index (χ0) is 12.6. The Morgan fingerprint density at radius 3 is 2.88 bits per heavy atom. The Labute approximate surface area is 107 Å². The minimum atomic E-state index is -0.316. The Balaban J connectivity index is 2.29. The van der Waals surface area contributed by atoms with Crippen molar-refractivity contribution in [1.82, 2.24) is 9.78 Å². The molecule has 2 N–H and O–H groups in total. The Kier molecular flexibility index (Phi) is 3.48. The lowest BCUT2D eigenvalue weighted by atomic mass is 9.88. The molecule has 0 amide bonds. The molecule has 2 atom stereocenters. The second kappa shape index (κ2) is 4.59. The maximum absolute atomic E-state index is 6.41. The lowest BCUT2D eigenvalue weighted by Gasteiger charge is -2.27. The van der Waals surface area contributed by atoms with E-state index in [1.807, 2.05) is 18.5 Å². The lowest BCUT2D eigenvalue weighted by molar-refractivity contribution is 0.0949. The molecule has 2 heterocycles. The van der Waals surface area contributed by atoms with Gasteiger partial charge in [-0.1, -0.05) is 11.6 Å². The molecule has 1 aromatic heterocycles. The van der Waals surface area contributed by atoms with Crippen molar-refractivity contribution in [3.8, 4) is 0 Å². The highest BCUT2D eigenvalue weighted by molar-refractivity contribution is 6.31. The summed E-state index contributed by atoms with van der Waals surface area (Å²) < 4.78 is 7.50. The minimum absolute atomic E-state index is 0.0686. The van der Waals surface area contributed by atoms with Gasteiger partial charge in [0.15, 0.2) is 0 Å². The molecule has 1 fully saturated rings. The summed E-state index contributed by atoms with van der Waals surface area (Å²) in [6.45, 7) is 7.56.